The van der Waals surface area contributed by atoms with Crippen LogP contribution in [0.1, 0.15) is 70.6 Å². The topological polar surface area (TPSA) is 12.5 Å². The molecule has 1 saturated heterocycles. The van der Waals surface area contributed by atoms with Gasteiger partial charge in [-0.2, -0.15) is 0 Å². The van der Waals surface area contributed by atoms with Gasteiger partial charge in [-0.3, -0.25) is 4.90 Å². The summed E-state index contributed by atoms with van der Waals surface area (Å²) in [5.74, 6) is 0. The molecule has 0 amide bonds. The summed E-state index contributed by atoms with van der Waals surface area (Å²) in [6, 6.07) is 0.567. The van der Waals surface area contributed by atoms with E-state index in [0.29, 0.717) is 17.5 Å². The van der Waals surface area contributed by atoms with Crippen LogP contribution in [0.3, 0.4) is 0 Å². The van der Waals surface area contributed by atoms with Crippen molar-refractivity contribution in [3.63, 3.8) is 0 Å². The zero-order valence-corrected chi connectivity index (χ0v) is 13.7. The summed E-state index contributed by atoms with van der Waals surface area (Å²) in [4.78, 5) is 2.49. The minimum absolute atomic E-state index is 0.261. The maximum atomic E-state index is 6.52. The average Bonchev–Trinajstić information content (AvgIpc) is 2.82. The Morgan fingerprint density at radius 1 is 1.00 bits per heavy atom. The normalized spacial score (nSPS) is 37.6. The zero-order valence-electron chi connectivity index (χ0n) is 13.0. The highest BCUT2D eigenvalue weighted by Crippen LogP contribution is 2.42. The van der Waals surface area contributed by atoms with Crippen molar-refractivity contribution in [3.8, 4) is 0 Å². The number of rotatable bonds is 3. The molecule has 2 nitrogen and oxygen atoms in total. The Bertz CT molecular complexity index is 316. The van der Waals surface area contributed by atoms with E-state index in [1.54, 1.807) is 0 Å². The third kappa shape index (κ3) is 3.34. The Balaban J connectivity index is 1.50. The van der Waals surface area contributed by atoms with Gasteiger partial charge in [-0.25, -0.2) is 0 Å². The van der Waals surface area contributed by atoms with Gasteiger partial charge in [0.25, 0.3) is 0 Å². The van der Waals surface area contributed by atoms with E-state index in [9.17, 15) is 0 Å². The highest BCUT2D eigenvalue weighted by molar-refractivity contribution is 6.21. The highest BCUT2D eigenvalue weighted by atomic mass is 35.5. The molecule has 0 radical (unpaired) electrons. The molecule has 1 heterocycles. The molecule has 20 heavy (non-hydrogen) atoms. The summed E-state index contributed by atoms with van der Waals surface area (Å²) in [6.45, 7) is 1.08. The third-order valence-electron chi connectivity index (χ3n) is 5.81. The molecule has 3 fully saturated rings. The zero-order chi connectivity index (χ0) is 14.0. The Morgan fingerprint density at radius 2 is 1.75 bits per heavy atom. The Morgan fingerprint density at radius 3 is 2.50 bits per heavy atom. The fourth-order valence-corrected chi connectivity index (χ4v) is 5.08. The van der Waals surface area contributed by atoms with Gasteiger partial charge < -0.3 is 4.74 Å². The molecular weight excluding hydrogens is 270 g/mol. The van der Waals surface area contributed by atoms with Gasteiger partial charge in [-0.1, -0.05) is 32.1 Å². The lowest BCUT2D eigenvalue weighted by Crippen LogP contribution is -2.44. The number of nitrogens with zero attached hydrogens (tertiary/aromatic N) is 1. The van der Waals surface area contributed by atoms with Crippen LogP contribution in [0, 0.1) is 0 Å². The molecule has 0 bridgehead atoms. The monoisotopic (exact) mass is 299 g/mol. The van der Waals surface area contributed by atoms with Crippen LogP contribution in [-0.2, 0) is 4.74 Å². The van der Waals surface area contributed by atoms with Crippen LogP contribution >= 0.6 is 11.6 Å². The molecule has 0 aromatic rings. The second kappa shape index (κ2) is 6.54. The SMILES string of the molecule is CN(CC1CCC2(CCCCC2)O1)C1CCCCC1Cl. The van der Waals surface area contributed by atoms with Gasteiger partial charge >= 0.3 is 0 Å². The first kappa shape index (κ1) is 15.1. The van der Waals surface area contributed by atoms with Crippen LogP contribution in [0.5, 0.6) is 0 Å². The van der Waals surface area contributed by atoms with Gasteiger partial charge in [0.2, 0.25) is 0 Å². The molecule has 3 heteroatoms. The van der Waals surface area contributed by atoms with E-state index in [-0.39, 0.29) is 5.60 Å². The van der Waals surface area contributed by atoms with Crippen LogP contribution in [0.25, 0.3) is 0 Å². The molecule has 2 saturated carbocycles. The van der Waals surface area contributed by atoms with E-state index >= 15 is 0 Å². The van der Waals surface area contributed by atoms with Crippen molar-refractivity contribution < 1.29 is 4.74 Å². The Hall–Kier alpha value is 0.210. The standard InChI is InChI=1S/C17H30ClNO/c1-19(16-8-4-3-7-15(16)18)13-14-9-12-17(20-14)10-5-2-6-11-17/h14-16H,2-13H2,1H3. The van der Waals surface area contributed by atoms with Crippen molar-refractivity contribution in [2.45, 2.75) is 93.8 Å². The largest absolute Gasteiger partial charge is 0.370 e. The fraction of sp³-hybridized carbons (Fsp3) is 1.00. The molecule has 3 rings (SSSR count). The van der Waals surface area contributed by atoms with Crippen molar-refractivity contribution in [1.29, 1.82) is 0 Å². The summed E-state index contributed by atoms with van der Waals surface area (Å²) < 4.78 is 6.50. The molecule has 3 atom stereocenters. The Kier molecular flexibility index (Phi) is 4.94. The second-order valence-corrected chi connectivity index (χ2v) is 7.89. The van der Waals surface area contributed by atoms with Crippen molar-refractivity contribution in [1.82, 2.24) is 4.90 Å². The first-order valence-corrected chi connectivity index (χ1v) is 9.14. The van der Waals surface area contributed by atoms with Gasteiger partial charge in [-0.05, 0) is 45.6 Å². The smallest absolute Gasteiger partial charge is 0.0710 e. The van der Waals surface area contributed by atoms with Gasteiger partial charge in [-0.15, -0.1) is 11.6 Å². The van der Waals surface area contributed by atoms with Gasteiger partial charge in [0.05, 0.1) is 11.7 Å². The van der Waals surface area contributed by atoms with E-state index in [4.69, 9.17) is 16.3 Å². The summed E-state index contributed by atoms with van der Waals surface area (Å²) in [7, 11) is 2.25. The number of likely N-dealkylation sites (N-methyl/N-ethyl adjacent to an activating group) is 1. The predicted octanol–water partition coefficient (Wildman–Crippen LogP) is 4.35. The highest BCUT2D eigenvalue weighted by Gasteiger charge is 2.41. The van der Waals surface area contributed by atoms with Crippen molar-refractivity contribution in [3.05, 3.63) is 0 Å². The number of hydrogen-bond acceptors (Lipinski definition) is 2. The van der Waals surface area contributed by atoms with Gasteiger partial charge in [0, 0.05) is 18.0 Å². The summed E-state index contributed by atoms with van der Waals surface area (Å²) in [5.41, 5.74) is 0.261. The summed E-state index contributed by atoms with van der Waals surface area (Å²) in [6.07, 6.45) is 14.8. The molecule has 1 spiro atoms. The van der Waals surface area contributed by atoms with Crippen LogP contribution < -0.4 is 0 Å². The molecular formula is C17H30ClNO. The first-order valence-electron chi connectivity index (χ1n) is 8.71. The maximum absolute atomic E-state index is 6.52. The molecule has 1 aliphatic heterocycles. The van der Waals surface area contributed by atoms with Crippen molar-refractivity contribution in [2.24, 2.45) is 0 Å². The van der Waals surface area contributed by atoms with Crippen molar-refractivity contribution in [2.75, 3.05) is 13.6 Å². The second-order valence-electron chi connectivity index (χ2n) is 7.33. The quantitative estimate of drug-likeness (QED) is 0.718. The van der Waals surface area contributed by atoms with E-state index in [2.05, 4.69) is 11.9 Å². The van der Waals surface area contributed by atoms with E-state index in [1.807, 2.05) is 0 Å². The van der Waals surface area contributed by atoms with Crippen LogP contribution in [0.4, 0.5) is 0 Å². The van der Waals surface area contributed by atoms with Gasteiger partial charge in [0.15, 0.2) is 0 Å². The average molecular weight is 300 g/mol. The number of halogens is 1. The van der Waals surface area contributed by atoms with Crippen LogP contribution in [0.15, 0.2) is 0 Å². The van der Waals surface area contributed by atoms with Gasteiger partial charge in [0.1, 0.15) is 0 Å². The number of alkyl halides is 1. The predicted molar refractivity (Wildman–Crippen MR) is 84.5 cm³/mol. The number of hydrogen-bond donors (Lipinski definition) is 0. The molecule has 0 aromatic carbocycles. The lowest BCUT2D eigenvalue weighted by Gasteiger charge is -2.37. The molecule has 0 aromatic heterocycles. The third-order valence-corrected chi connectivity index (χ3v) is 6.32. The Labute approximate surface area is 129 Å². The minimum atomic E-state index is 0.261. The molecule has 0 N–H and O–H groups in total. The fourth-order valence-electron chi connectivity index (χ4n) is 4.61. The lowest BCUT2D eigenvalue weighted by atomic mass is 9.83. The molecule has 116 valence electrons. The van der Waals surface area contributed by atoms with E-state index in [1.165, 1.54) is 70.6 Å². The minimum Gasteiger partial charge on any atom is -0.370 e. The van der Waals surface area contributed by atoms with Crippen LogP contribution in [0.2, 0.25) is 0 Å². The molecule has 3 unspecified atom stereocenters. The van der Waals surface area contributed by atoms with Crippen LogP contribution in [-0.4, -0.2) is 41.6 Å². The van der Waals surface area contributed by atoms with E-state index < -0.39 is 0 Å². The van der Waals surface area contributed by atoms with Crippen molar-refractivity contribution >= 4 is 11.6 Å². The first-order chi connectivity index (χ1) is 9.69. The summed E-state index contributed by atoms with van der Waals surface area (Å²) >= 11 is 6.52. The maximum Gasteiger partial charge on any atom is 0.0710 e. The molecule has 3 aliphatic rings. The molecule has 2 aliphatic carbocycles. The van der Waals surface area contributed by atoms with E-state index in [0.717, 1.165) is 6.54 Å². The number of ether oxygens (including phenoxy) is 1. The lowest BCUT2D eigenvalue weighted by molar-refractivity contribution is -0.0733. The summed E-state index contributed by atoms with van der Waals surface area (Å²) in [5, 5.41) is 0.346.